The van der Waals surface area contributed by atoms with Crippen LogP contribution in [0.4, 0.5) is 0 Å². The molecule has 2 saturated carbocycles. The molecule has 2 heteroatoms. The average Bonchev–Trinajstić information content (AvgIpc) is 2.49. The summed E-state index contributed by atoms with van der Waals surface area (Å²) in [6, 6.07) is 0. The highest BCUT2D eigenvalue weighted by molar-refractivity contribution is 5.76. The van der Waals surface area contributed by atoms with Gasteiger partial charge in [0, 0.05) is 5.92 Å². The summed E-state index contributed by atoms with van der Waals surface area (Å²) in [5.74, 6) is 1.08. The second kappa shape index (κ2) is 2.66. The lowest BCUT2D eigenvalue weighted by Gasteiger charge is -2.50. The van der Waals surface area contributed by atoms with Crippen LogP contribution in [0.3, 0.4) is 0 Å². The topological polar surface area (TPSA) is 26.3 Å². The van der Waals surface area contributed by atoms with Crippen LogP contribution in [0.2, 0.25) is 0 Å². The summed E-state index contributed by atoms with van der Waals surface area (Å²) in [7, 11) is 0. The number of rotatable bonds is 0. The Balaban J connectivity index is 2.06. The van der Waals surface area contributed by atoms with E-state index in [0.29, 0.717) is 11.8 Å². The zero-order chi connectivity index (χ0) is 10.8. The summed E-state index contributed by atoms with van der Waals surface area (Å²) in [5.41, 5.74) is 1.54. The van der Waals surface area contributed by atoms with Crippen LogP contribution in [0.25, 0.3) is 0 Å². The minimum absolute atomic E-state index is 0.0299. The van der Waals surface area contributed by atoms with Crippen LogP contribution in [0.1, 0.15) is 33.1 Å². The van der Waals surface area contributed by atoms with Crippen LogP contribution >= 0.6 is 0 Å². The van der Waals surface area contributed by atoms with Crippen LogP contribution in [0.15, 0.2) is 12.2 Å². The predicted molar refractivity (Wildman–Crippen MR) is 57.1 cm³/mol. The van der Waals surface area contributed by atoms with Gasteiger partial charge in [0.1, 0.15) is 6.10 Å². The van der Waals surface area contributed by atoms with Crippen LogP contribution in [0.5, 0.6) is 0 Å². The van der Waals surface area contributed by atoms with Crippen LogP contribution in [0, 0.1) is 23.2 Å². The molecular weight excluding hydrogens is 188 g/mol. The smallest absolute Gasteiger partial charge is 0.309 e. The first kappa shape index (κ1) is 9.44. The van der Waals surface area contributed by atoms with E-state index in [-0.39, 0.29) is 23.4 Å². The molecule has 2 aliphatic carbocycles. The second-order valence-electron chi connectivity index (χ2n) is 5.73. The summed E-state index contributed by atoms with van der Waals surface area (Å²) >= 11 is 0. The zero-order valence-corrected chi connectivity index (χ0v) is 9.45. The Morgan fingerprint density at radius 2 is 2.27 bits per heavy atom. The molecule has 0 amide bonds. The molecule has 3 rings (SSSR count). The van der Waals surface area contributed by atoms with Gasteiger partial charge in [-0.3, -0.25) is 4.79 Å². The van der Waals surface area contributed by atoms with Crippen molar-refractivity contribution in [2.45, 2.75) is 39.2 Å². The molecule has 2 unspecified atom stereocenters. The molecule has 0 radical (unpaired) electrons. The van der Waals surface area contributed by atoms with E-state index in [9.17, 15) is 4.79 Å². The lowest BCUT2D eigenvalue weighted by atomic mass is 9.53. The molecular formula is C13H18O2. The zero-order valence-electron chi connectivity index (χ0n) is 9.45. The van der Waals surface area contributed by atoms with E-state index < -0.39 is 0 Å². The normalized spacial score (nSPS) is 52.9. The van der Waals surface area contributed by atoms with Crippen molar-refractivity contribution in [2.24, 2.45) is 23.2 Å². The minimum Gasteiger partial charge on any atom is -0.461 e. The predicted octanol–water partition coefficient (Wildman–Crippen LogP) is 2.54. The first-order chi connectivity index (χ1) is 7.04. The summed E-state index contributed by atoms with van der Waals surface area (Å²) in [6.45, 7) is 8.85. The SMILES string of the molecule is C=C1[C@@H]2[C@@H]3CCC1(C)C(C)C[C@H]2OC3=O. The van der Waals surface area contributed by atoms with Gasteiger partial charge < -0.3 is 4.74 Å². The maximum absolute atomic E-state index is 11.7. The molecule has 0 aromatic rings. The van der Waals surface area contributed by atoms with Gasteiger partial charge in [-0.05, 0) is 30.6 Å². The first-order valence-corrected chi connectivity index (χ1v) is 5.94. The van der Waals surface area contributed by atoms with Crippen LogP contribution < -0.4 is 0 Å². The number of hydrogen-bond acceptors (Lipinski definition) is 2. The van der Waals surface area contributed by atoms with Gasteiger partial charge in [-0.2, -0.15) is 0 Å². The number of esters is 1. The van der Waals surface area contributed by atoms with E-state index in [1.165, 1.54) is 5.57 Å². The minimum atomic E-state index is 0.0299. The number of carbonyl (C=O) groups is 1. The Hall–Kier alpha value is -0.790. The van der Waals surface area contributed by atoms with Gasteiger partial charge in [-0.25, -0.2) is 0 Å². The van der Waals surface area contributed by atoms with Gasteiger partial charge in [-0.15, -0.1) is 0 Å². The average molecular weight is 206 g/mol. The highest BCUT2D eigenvalue weighted by atomic mass is 16.6. The third-order valence-electron chi connectivity index (χ3n) is 5.19. The third kappa shape index (κ3) is 0.977. The Bertz CT molecular complexity index is 346. The van der Waals surface area contributed by atoms with Crippen molar-refractivity contribution >= 4 is 5.97 Å². The molecule has 3 aliphatic rings. The number of ether oxygens (including phenoxy) is 1. The molecule has 82 valence electrons. The van der Waals surface area contributed by atoms with Crippen LogP contribution in [-0.4, -0.2) is 12.1 Å². The highest BCUT2D eigenvalue weighted by Gasteiger charge is 2.58. The molecule has 2 bridgehead atoms. The quantitative estimate of drug-likeness (QED) is 0.449. The van der Waals surface area contributed by atoms with Crippen molar-refractivity contribution in [1.29, 1.82) is 0 Å². The molecule has 1 heterocycles. The Kier molecular flexibility index (Phi) is 1.67. The van der Waals surface area contributed by atoms with E-state index in [2.05, 4.69) is 20.4 Å². The van der Waals surface area contributed by atoms with Gasteiger partial charge in [-0.1, -0.05) is 26.0 Å². The summed E-state index contributed by atoms with van der Waals surface area (Å²) in [4.78, 5) is 11.7. The van der Waals surface area contributed by atoms with E-state index >= 15 is 0 Å². The van der Waals surface area contributed by atoms with Crippen LogP contribution in [-0.2, 0) is 9.53 Å². The van der Waals surface area contributed by atoms with E-state index in [4.69, 9.17) is 4.74 Å². The maximum atomic E-state index is 11.7. The standard InChI is InChI=1S/C13H18O2/c1-7-6-10-11-8(2)13(7,3)5-4-9(11)12(14)15-10/h7,9-11H,2,4-6H2,1,3H3/t7?,9-,10+,11+,13?/m0/s1. The molecule has 2 nitrogen and oxygen atoms in total. The Morgan fingerprint density at radius 1 is 1.53 bits per heavy atom. The van der Waals surface area contributed by atoms with Crippen molar-refractivity contribution in [3.63, 3.8) is 0 Å². The van der Waals surface area contributed by atoms with Crippen molar-refractivity contribution in [3.05, 3.63) is 12.2 Å². The second-order valence-corrected chi connectivity index (χ2v) is 5.73. The monoisotopic (exact) mass is 206 g/mol. The maximum Gasteiger partial charge on any atom is 0.309 e. The van der Waals surface area contributed by atoms with E-state index in [1.807, 2.05) is 0 Å². The van der Waals surface area contributed by atoms with Gasteiger partial charge in [0.2, 0.25) is 0 Å². The van der Waals surface area contributed by atoms with Gasteiger partial charge in [0.15, 0.2) is 0 Å². The van der Waals surface area contributed by atoms with Crippen molar-refractivity contribution in [1.82, 2.24) is 0 Å². The van der Waals surface area contributed by atoms with E-state index in [1.54, 1.807) is 0 Å². The fraction of sp³-hybridized carbons (Fsp3) is 0.769. The summed E-state index contributed by atoms with van der Waals surface area (Å²) < 4.78 is 5.48. The largest absolute Gasteiger partial charge is 0.461 e. The van der Waals surface area contributed by atoms with Gasteiger partial charge in [0.05, 0.1) is 5.92 Å². The molecule has 0 spiro atoms. The molecule has 0 aromatic heterocycles. The number of hydrogen-bond donors (Lipinski definition) is 0. The number of fused-ring (bicyclic) bond motifs is 1. The van der Waals surface area contributed by atoms with Gasteiger partial charge >= 0.3 is 5.97 Å². The van der Waals surface area contributed by atoms with Crippen molar-refractivity contribution in [3.8, 4) is 0 Å². The third-order valence-corrected chi connectivity index (χ3v) is 5.19. The van der Waals surface area contributed by atoms with E-state index in [0.717, 1.165) is 19.3 Å². The molecule has 1 aliphatic heterocycles. The molecule has 0 aromatic carbocycles. The Labute approximate surface area is 90.7 Å². The first-order valence-electron chi connectivity index (χ1n) is 5.94. The Morgan fingerprint density at radius 3 is 3.00 bits per heavy atom. The fourth-order valence-corrected chi connectivity index (χ4v) is 3.84. The summed E-state index contributed by atoms with van der Waals surface area (Å²) in [5, 5.41) is 0. The lowest BCUT2D eigenvalue weighted by molar-refractivity contribution is -0.144. The number of carbonyl (C=O) groups excluding carboxylic acids is 1. The lowest BCUT2D eigenvalue weighted by Crippen LogP contribution is -2.46. The van der Waals surface area contributed by atoms with Crippen molar-refractivity contribution in [2.75, 3.05) is 0 Å². The summed E-state index contributed by atoms with van der Waals surface area (Å²) in [6.07, 6.45) is 3.27. The molecule has 3 fully saturated rings. The molecule has 1 saturated heterocycles. The van der Waals surface area contributed by atoms with Crippen molar-refractivity contribution < 1.29 is 9.53 Å². The molecule has 15 heavy (non-hydrogen) atoms. The fourth-order valence-electron chi connectivity index (χ4n) is 3.84. The highest BCUT2D eigenvalue weighted by Crippen LogP contribution is 2.59. The van der Waals surface area contributed by atoms with Gasteiger partial charge in [0.25, 0.3) is 0 Å². The molecule has 5 atom stereocenters. The molecule has 0 N–H and O–H groups in total.